The smallest absolute Gasteiger partial charge is 0.233 e. The Balaban J connectivity index is 1.34. The van der Waals surface area contributed by atoms with Crippen molar-refractivity contribution in [2.24, 2.45) is 0 Å². The maximum atomic E-state index is 14.9. The van der Waals surface area contributed by atoms with E-state index >= 15 is 0 Å². The van der Waals surface area contributed by atoms with Crippen molar-refractivity contribution < 1.29 is 14.2 Å². The third-order valence-corrected chi connectivity index (χ3v) is 6.23. The molecular formula is C23H25FN6O2. The molecule has 2 aromatic heterocycles. The van der Waals surface area contributed by atoms with Crippen LogP contribution in [-0.4, -0.2) is 57.3 Å². The topological polar surface area (TPSA) is 96.3 Å². The minimum Gasteiger partial charge on any atom is -0.507 e. The molecule has 3 heterocycles. The molecule has 5 rings (SSSR count). The van der Waals surface area contributed by atoms with Gasteiger partial charge < -0.3 is 20.1 Å². The highest BCUT2D eigenvalue weighted by Gasteiger charge is 2.40. The minimum absolute atomic E-state index is 0.0951. The van der Waals surface area contributed by atoms with Gasteiger partial charge in [0.15, 0.2) is 5.82 Å². The fourth-order valence-electron chi connectivity index (χ4n) is 4.13. The Morgan fingerprint density at radius 1 is 1.16 bits per heavy atom. The molecule has 0 unspecified atom stereocenters. The quantitative estimate of drug-likeness (QED) is 0.608. The fraction of sp³-hybridized carbons (Fsp3) is 0.391. The minimum atomic E-state index is -0.513. The summed E-state index contributed by atoms with van der Waals surface area (Å²) in [6.45, 7) is 4.07. The van der Waals surface area contributed by atoms with Crippen LogP contribution in [-0.2, 0) is 0 Å². The van der Waals surface area contributed by atoms with E-state index in [-0.39, 0.29) is 22.8 Å². The molecule has 2 fully saturated rings. The number of nitrogens with zero attached hydrogens (tertiary/aromatic N) is 5. The normalized spacial score (nSPS) is 19.2. The lowest BCUT2D eigenvalue weighted by Gasteiger charge is -2.20. The second-order valence-electron chi connectivity index (χ2n) is 8.75. The number of hydrogen-bond acceptors (Lipinski definition) is 8. The molecule has 1 saturated heterocycles. The monoisotopic (exact) mass is 436 g/mol. The molecule has 32 heavy (non-hydrogen) atoms. The van der Waals surface area contributed by atoms with E-state index in [4.69, 9.17) is 4.74 Å². The first-order chi connectivity index (χ1) is 15.4. The van der Waals surface area contributed by atoms with Crippen LogP contribution < -0.4 is 15.0 Å². The molecule has 8 nitrogen and oxygen atoms in total. The van der Waals surface area contributed by atoms with Crippen LogP contribution in [0.15, 0.2) is 36.5 Å². The number of phenols is 1. The van der Waals surface area contributed by atoms with E-state index < -0.39 is 5.82 Å². The summed E-state index contributed by atoms with van der Waals surface area (Å²) >= 11 is 0. The molecule has 0 bridgehead atoms. The summed E-state index contributed by atoms with van der Waals surface area (Å²) in [5.74, 6) is 0.436. The molecule has 2 N–H and O–H groups in total. The van der Waals surface area contributed by atoms with Gasteiger partial charge in [0.2, 0.25) is 5.88 Å². The van der Waals surface area contributed by atoms with Crippen LogP contribution in [0, 0.1) is 5.82 Å². The largest absolute Gasteiger partial charge is 0.507 e. The third kappa shape index (κ3) is 4.08. The SMILES string of the molecule is COc1cc(-c2cc(O)c(-c3ccc(N4CC[C@H](NC5(C)CC5)C4)nn3)cc2F)cnn1. The summed E-state index contributed by atoms with van der Waals surface area (Å²) in [5, 5.41) is 30.5. The van der Waals surface area contributed by atoms with Gasteiger partial charge in [-0.25, -0.2) is 4.39 Å². The van der Waals surface area contributed by atoms with Gasteiger partial charge in [-0.05, 0) is 50.5 Å². The van der Waals surface area contributed by atoms with Crippen molar-refractivity contribution in [1.29, 1.82) is 0 Å². The number of rotatable bonds is 6. The Hall–Kier alpha value is -3.33. The Bertz CT molecular complexity index is 1140. The summed E-state index contributed by atoms with van der Waals surface area (Å²) in [6.07, 6.45) is 4.96. The van der Waals surface area contributed by atoms with Gasteiger partial charge in [-0.15, -0.1) is 15.3 Å². The van der Waals surface area contributed by atoms with Crippen LogP contribution in [0.25, 0.3) is 22.4 Å². The molecule has 166 valence electrons. The van der Waals surface area contributed by atoms with E-state index in [0.717, 1.165) is 25.3 Å². The standard InChI is InChI=1S/C23H25FN6O2/c1-23(6-7-23)26-15-5-8-30(13-15)21-4-3-19(27-28-21)17-10-18(24)16(11-20(17)31)14-9-22(32-2)29-25-12-14/h3-4,9-12,15,26,31H,5-8,13H2,1-2H3/t15-/m0/s1. The predicted molar refractivity (Wildman–Crippen MR) is 118 cm³/mol. The maximum absolute atomic E-state index is 14.9. The zero-order valence-electron chi connectivity index (χ0n) is 18.0. The van der Waals surface area contributed by atoms with E-state index in [2.05, 4.69) is 37.5 Å². The highest BCUT2D eigenvalue weighted by Crippen LogP contribution is 2.37. The highest BCUT2D eigenvalue weighted by atomic mass is 19.1. The number of phenolic OH excluding ortho intramolecular Hbond substituents is 1. The fourth-order valence-corrected chi connectivity index (χ4v) is 4.13. The molecule has 1 saturated carbocycles. The molecule has 1 aromatic carbocycles. The number of hydrogen-bond donors (Lipinski definition) is 2. The molecule has 1 aliphatic carbocycles. The van der Waals surface area contributed by atoms with Crippen molar-refractivity contribution in [2.45, 2.75) is 37.8 Å². The number of nitrogens with one attached hydrogen (secondary N) is 1. The van der Waals surface area contributed by atoms with Gasteiger partial charge in [0, 0.05) is 47.4 Å². The van der Waals surface area contributed by atoms with E-state index in [1.807, 2.05) is 6.07 Å². The number of aromatic hydroxyl groups is 1. The van der Waals surface area contributed by atoms with Crippen LogP contribution >= 0.6 is 0 Å². The molecule has 0 spiro atoms. The first-order valence-electron chi connectivity index (χ1n) is 10.7. The zero-order chi connectivity index (χ0) is 22.3. The van der Waals surface area contributed by atoms with Gasteiger partial charge in [0.05, 0.1) is 19.0 Å². The van der Waals surface area contributed by atoms with Crippen LogP contribution in [0.4, 0.5) is 10.2 Å². The van der Waals surface area contributed by atoms with Crippen LogP contribution in [0.3, 0.4) is 0 Å². The van der Waals surface area contributed by atoms with Gasteiger partial charge in [-0.2, -0.15) is 5.10 Å². The first kappa shape index (κ1) is 20.6. The number of methoxy groups -OCH3 is 1. The van der Waals surface area contributed by atoms with Crippen molar-refractivity contribution in [3.63, 3.8) is 0 Å². The zero-order valence-corrected chi connectivity index (χ0v) is 18.0. The average Bonchev–Trinajstić information content (AvgIpc) is 3.35. The molecule has 2 aliphatic rings. The van der Waals surface area contributed by atoms with Gasteiger partial charge >= 0.3 is 0 Å². The van der Waals surface area contributed by atoms with Crippen molar-refractivity contribution in [2.75, 3.05) is 25.1 Å². The van der Waals surface area contributed by atoms with E-state index in [1.165, 1.54) is 38.3 Å². The maximum Gasteiger partial charge on any atom is 0.233 e. The lowest BCUT2D eigenvalue weighted by atomic mass is 10.0. The van der Waals surface area contributed by atoms with Gasteiger partial charge in [-0.1, -0.05) is 0 Å². The number of aromatic nitrogens is 4. The summed E-state index contributed by atoms with van der Waals surface area (Å²) in [5.41, 5.74) is 1.64. The third-order valence-electron chi connectivity index (χ3n) is 6.23. The highest BCUT2D eigenvalue weighted by molar-refractivity contribution is 5.75. The average molecular weight is 436 g/mol. The number of benzene rings is 1. The van der Waals surface area contributed by atoms with Crippen LogP contribution in [0.1, 0.15) is 26.2 Å². The second-order valence-corrected chi connectivity index (χ2v) is 8.75. The summed E-state index contributed by atoms with van der Waals surface area (Å²) in [6, 6.07) is 8.25. The lowest BCUT2D eigenvalue weighted by molar-refractivity contribution is 0.392. The van der Waals surface area contributed by atoms with Gasteiger partial charge in [0.25, 0.3) is 0 Å². The number of ether oxygens (including phenoxy) is 1. The molecule has 1 atom stereocenters. The van der Waals surface area contributed by atoms with Gasteiger partial charge in [-0.3, -0.25) is 0 Å². The molecule has 1 aliphatic heterocycles. The van der Waals surface area contributed by atoms with Crippen molar-refractivity contribution in [1.82, 2.24) is 25.7 Å². The number of halogens is 1. The molecule has 9 heteroatoms. The van der Waals surface area contributed by atoms with E-state index in [9.17, 15) is 9.50 Å². The summed E-state index contributed by atoms with van der Waals surface area (Å²) in [4.78, 5) is 2.20. The van der Waals surface area contributed by atoms with Crippen LogP contribution in [0.2, 0.25) is 0 Å². The van der Waals surface area contributed by atoms with Gasteiger partial charge in [0.1, 0.15) is 11.6 Å². The Kier molecular flexibility index (Phi) is 5.13. The van der Waals surface area contributed by atoms with Crippen molar-refractivity contribution in [3.05, 3.63) is 42.3 Å². The van der Waals surface area contributed by atoms with E-state index in [1.54, 1.807) is 12.1 Å². The summed E-state index contributed by atoms with van der Waals surface area (Å²) in [7, 11) is 1.46. The van der Waals surface area contributed by atoms with Crippen LogP contribution in [0.5, 0.6) is 11.6 Å². The Labute approximate surface area is 185 Å². The Morgan fingerprint density at radius 2 is 2.00 bits per heavy atom. The van der Waals surface area contributed by atoms with E-state index in [0.29, 0.717) is 22.8 Å². The Morgan fingerprint density at radius 3 is 2.72 bits per heavy atom. The first-order valence-corrected chi connectivity index (χ1v) is 10.7. The molecular weight excluding hydrogens is 411 g/mol. The number of anilines is 1. The molecule has 0 amide bonds. The second kappa shape index (κ2) is 7.98. The lowest BCUT2D eigenvalue weighted by Crippen LogP contribution is -2.40. The van der Waals surface area contributed by atoms with Crippen molar-refractivity contribution >= 4 is 5.82 Å². The predicted octanol–water partition coefficient (Wildman–Crippen LogP) is 3.17. The molecule has 0 radical (unpaired) electrons. The van der Waals surface area contributed by atoms with Crippen molar-refractivity contribution in [3.8, 4) is 34.0 Å². The molecule has 3 aromatic rings. The summed E-state index contributed by atoms with van der Waals surface area (Å²) < 4.78 is 19.9.